The number of urea groups is 1. The number of hydrogen-bond acceptors (Lipinski definition) is 7. The maximum Gasteiger partial charge on any atom is 0.434 e. The van der Waals surface area contributed by atoms with Crippen LogP contribution in [-0.4, -0.2) is 76.2 Å². The summed E-state index contributed by atoms with van der Waals surface area (Å²) in [4.78, 5) is 51.4. The Balaban J connectivity index is 1.58. The minimum Gasteiger partial charge on any atom is -0.382 e. The first-order valence-electron chi connectivity index (χ1n) is 14.2. The van der Waals surface area contributed by atoms with Crippen molar-refractivity contribution >= 4 is 23.7 Å². The van der Waals surface area contributed by atoms with Crippen molar-refractivity contribution in [2.75, 3.05) is 25.6 Å². The molecule has 0 radical (unpaired) electrons. The molecule has 1 aliphatic heterocycles. The Hall–Kier alpha value is -4.02. The van der Waals surface area contributed by atoms with Gasteiger partial charge in [0.2, 0.25) is 5.91 Å². The van der Waals surface area contributed by atoms with Gasteiger partial charge in [-0.25, -0.2) is 19.7 Å². The molecule has 45 heavy (non-hydrogen) atoms. The first-order valence-corrected chi connectivity index (χ1v) is 14.2. The predicted octanol–water partition coefficient (Wildman–Crippen LogP) is 4.41. The number of methoxy groups -OCH3 is 1. The Morgan fingerprint density at radius 3 is 2.42 bits per heavy atom. The lowest BCUT2D eigenvalue weighted by atomic mass is 9.79. The van der Waals surface area contributed by atoms with Crippen LogP contribution < -0.4 is 16.0 Å². The fourth-order valence-corrected chi connectivity index (χ4v) is 5.55. The molecule has 4 amide bonds. The summed E-state index contributed by atoms with van der Waals surface area (Å²) in [5.41, 5.74) is -1.96. The number of rotatable bonds is 9. The number of anilines is 1. The molecular weight excluding hydrogens is 612 g/mol. The van der Waals surface area contributed by atoms with Crippen molar-refractivity contribution < 1.29 is 45.5 Å². The van der Waals surface area contributed by atoms with Gasteiger partial charge in [-0.05, 0) is 49.3 Å². The molecule has 2 aromatic rings. The number of amides is 4. The lowest BCUT2D eigenvalue weighted by molar-refractivity contribution is -0.150. The minimum absolute atomic E-state index is 0.0522. The summed E-state index contributed by atoms with van der Waals surface area (Å²) in [6.45, 7) is 2.44. The molecule has 3 unspecified atom stereocenters. The first kappa shape index (κ1) is 33.9. The number of aromatic nitrogens is 3. The van der Waals surface area contributed by atoms with E-state index < -0.39 is 72.0 Å². The zero-order valence-corrected chi connectivity index (χ0v) is 24.6. The third-order valence-corrected chi connectivity index (χ3v) is 7.98. The van der Waals surface area contributed by atoms with Gasteiger partial charge in [0.25, 0.3) is 5.91 Å². The van der Waals surface area contributed by atoms with Crippen molar-refractivity contribution in [1.29, 1.82) is 0 Å². The quantitative estimate of drug-likeness (QED) is 0.344. The van der Waals surface area contributed by atoms with Gasteiger partial charge in [0.1, 0.15) is 23.7 Å². The topological polar surface area (TPSA) is 138 Å². The number of nitrogens with zero attached hydrogens (tertiary/aromatic N) is 4. The summed E-state index contributed by atoms with van der Waals surface area (Å²) < 4.78 is 86.1. The summed E-state index contributed by atoms with van der Waals surface area (Å²) >= 11 is 0. The molecule has 246 valence electrons. The van der Waals surface area contributed by atoms with E-state index in [9.17, 15) is 40.7 Å². The second-order valence-corrected chi connectivity index (χ2v) is 11.3. The van der Waals surface area contributed by atoms with Gasteiger partial charge in [-0.1, -0.05) is 19.8 Å². The van der Waals surface area contributed by atoms with E-state index in [1.807, 2.05) is 12.2 Å². The Kier molecular flexibility index (Phi) is 10.2. The van der Waals surface area contributed by atoms with Crippen LogP contribution >= 0.6 is 0 Å². The number of pyridine rings is 1. The second kappa shape index (κ2) is 13.5. The SMILES string of the molecule is COCC(c1ccnc(NC(=O)C(NC(=O)c2cnc(C)nc2C(F)(F)F)C2CCC(C)CC2)c1)N1CC(C(F)(F)F)NC1=O. The highest BCUT2D eigenvalue weighted by Crippen LogP contribution is 2.34. The highest BCUT2D eigenvalue weighted by atomic mass is 19.4. The molecule has 1 saturated heterocycles. The molecule has 0 aromatic carbocycles. The molecule has 1 saturated carbocycles. The van der Waals surface area contributed by atoms with Gasteiger partial charge < -0.3 is 25.6 Å². The van der Waals surface area contributed by atoms with E-state index in [4.69, 9.17) is 4.74 Å². The third kappa shape index (κ3) is 8.18. The van der Waals surface area contributed by atoms with Crippen molar-refractivity contribution in [3.63, 3.8) is 0 Å². The first-order chi connectivity index (χ1) is 21.1. The Morgan fingerprint density at radius 1 is 1.13 bits per heavy atom. The van der Waals surface area contributed by atoms with Gasteiger partial charge in [0, 0.05) is 19.5 Å². The van der Waals surface area contributed by atoms with Crippen molar-refractivity contribution in [1.82, 2.24) is 30.5 Å². The van der Waals surface area contributed by atoms with E-state index in [2.05, 4.69) is 25.6 Å². The van der Waals surface area contributed by atoms with Gasteiger partial charge >= 0.3 is 18.4 Å². The summed E-state index contributed by atoms with van der Waals surface area (Å²) in [7, 11) is 1.31. The standard InChI is InChI=1S/C28H33F6N7O4/c1-14-4-6-16(7-5-14)22(40-24(42)18-11-36-15(2)37-23(18)28(32,33)34)25(43)39-21-10-17(8-9-35-21)19(13-45-3)41-12-20(27(29,30)31)38-26(41)44/h8-11,14,16,19-20,22H,4-7,12-13H2,1-3H3,(H,38,44)(H,40,42)(H,35,39,43). The zero-order chi connectivity index (χ0) is 33.1. The van der Waals surface area contributed by atoms with Gasteiger partial charge in [0.05, 0.1) is 24.8 Å². The largest absolute Gasteiger partial charge is 0.434 e. The normalized spacial score (nSPS) is 22.0. The number of nitrogens with one attached hydrogen (secondary N) is 3. The minimum atomic E-state index is -4.95. The van der Waals surface area contributed by atoms with Crippen LogP contribution in [0.5, 0.6) is 0 Å². The van der Waals surface area contributed by atoms with E-state index in [1.54, 1.807) is 0 Å². The third-order valence-electron chi connectivity index (χ3n) is 7.98. The number of halogens is 6. The summed E-state index contributed by atoms with van der Waals surface area (Å²) in [6, 6.07) is -2.46. The number of aryl methyl sites for hydroxylation is 1. The second-order valence-electron chi connectivity index (χ2n) is 11.3. The summed E-state index contributed by atoms with van der Waals surface area (Å²) in [6.07, 6.45) is -5.08. The average molecular weight is 646 g/mol. The molecule has 3 heterocycles. The van der Waals surface area contributed by atoms with Crippen LogP contribution in [0.4, 0.5) is 37.0 Å². The van der Waals surface area contributed by atoms with Crippen molar-refractivity contribution in [2.24, 2.45) is 11.8 Å². The van der Waals surface area contributed by atoms with Crippen molar-refractivity contribution in [2.45, 2.75) is 70.0 Å². The molecule has 3 N–H and O–H groups in total. The fourth-order valence-electron chi connectivity index (χ4n) is 5.55. The predicted molar refractivity (Wildman–Crippen MR) is 147 cm³/mol. The van der Waals surface area contributed by atoms with E-state index >= 15 is 0 Å². The molecule has 17 heteroatoms. The number of carbonyl (C=O) groups excluding carboxylic acids is 3. The van der Waals surface area contributed by atoms with Crippen molar-refractivity contribution in [3.05, 3.63) is 47.2 Å². The monoisotopic (exact) mass is 645 g/mol. The van der Waals surface area contributed by atoms with Crippen LogP contribution in [0.2, 0.25) is 0 Å². The van der Waals surface area contributed by atoms with Crippen LogP contribution in [0.25, 0.3) is 0 Å². The van der Waals surface area contributed by atoms with Gasteiger partial charge in [-0.3, -0.25) is 9.59 Å². The highest BCUT2D eigenvalue weighted by molar-refractivity contribution is 6.01. The van der Waals surface area contributed by atoms with Crippen LogP contribution in [0.3, 0.4) is 0 Å². The molecule has 2 aromatic heterocycles. The molecule has 4 rings (SSSR count). The average Bonchev–Trinajstić information content (AvgIpc) is 3.36. The molecule has 11 nitrogen and oxygen atoms in total. The molecular formula is C28H33F6N7O4. The Bertz CT molecular complexity index is 1400. The van der Waals surface area contributed by atoms with Crippen LogP contribution in [0.1, 0.15) is 66.1 Å². The van der Waals surface area contributed by atoms with Gasteiger partial charge in [-0.15, -0.1) is 0 Å². The Labute approximate surface area is 254 Å². The lowest BCUT2D eigenvalue weighted by Gasteiger charge is -2.32. The van der Waals surface area contributed by atoms with Crippen LogP contribution in [0, 0.1) is 18.8 Å². The van der Waals surface area contributed by atoms with E-state index in [1.165, 1.54) is 32.4 Å². The zero-order valence-electron chi connectivity index (χ0n) is 24.6. The molecule has 0 bridgehead atoms. The highest BCUT2D eigenvalue weighted by Gasteiger charge is 2.48. The number of carbonyl (C=O) groups is 3. The summed E-state index contributed by atoms with van der Waals surface area (Å²) in [5, 5.41) is 6.93. The summed E-state index contributed by atoms with van der Waals surface area (Å²) in [5.74, 6) is -2.23. The molecule has 2 fully saturated rings. The number of ether oxygens (including phenoxy) is 1. The van der Waals surface area contributed by atoms with E-state index in [0.717, 1.165) is 23.9 Å². The maximum absolute atomic E-state index is 13.7. The van der Waals surface area contributed by atoms with Crippen LogP contribution in [0.15, 0.2) is 24.5 Å². The van der Waals surface area contributed by atoms with Crippen molar-refractivity contribution in [3.8, 4) is 0 Å². The number of alkyl halides is 6. The smallest absolute Gasteiger partial charge is 0.382 e. The number of hydrogen-bond donors (Lipinski definition) is 3. The molecule has 3 atom stereocenters. The fraction of sp³-hybridized carbons (Fsp3) is 0.571. The van der Waals surface area contributed by atoms with Gasteiger partial charge in [-0.2, -0.15) is 26.3 Å². The van der Waals surface area contributed by atoms with Gasteiger partial charge in [0.15, 0.2) is 5.69 Å². The molecule has 0 spiro atoms. The molecule has 1 aliphatic carbocycles. The maximum atomic E-state index is 13.7. The lowest BCUT2D eigenvalue weighted by Crippen LogP contribution is -2.49. The van der Waals surface area contributed by atoms with E-state index in [-0.39, 0.29) is 18.2 Å². The van der Waals surface area contributed by atoms with E-state index in [0.29, 0.717) is 24.3 Å². The molecule has 2 aliphatic rings. The van der Waals surface area contributed by atoms with Crippen LogP contribution in [-0.2, 0) is 15.7 Å². The Morgan fingerprint density at radius 2 is 1.82 bits per heavy atom.